The number of aryl methyl sites for hydroxylation is 2. The molecule has 6 heteroatoms. The van der Waals surface area contributed by atoms with Gasteiger partial charge in [-0.1, -0.05) is 30.3 Å². The third-order valence-electron chi connectivity index (χ3n) is 4.45. The number of nitrogens with one attached hydrogen (secondary N) is 1. The number of ether oxygens (including phenoxy) is 1. The Balaban J connectivity index is 1.77. The summed E-state index contributed by atoms with van der Waals surface area (Å²) in [6.45, 7) is 6.47. The third kappa shape index (κ3) is 3.96. The normalized spacial score (nSPS) is 20.5. The van der Waals surface area contributed by atoms with Crippen molar-refractivity contribution in [2.75, 3.05) is 13.1 Å². The van der Waals surface area contributed by atoms with Crippen molar-refractivity contribution >= 4 is 5.91 Å². The van der Waals surface area contributed by atoms with Crippen molar-refractivity contribution < 1.29 is 9.53 Å². The van der Waals surface area contributed by atoms with Gasteiger partial charge in [0.1, 0.15) is 11.9 Å². The van der Waals surface area contributed by atoms with Gasteiger partial charge < -0.3 is 14.6 Å². The van der Waals surface area contributed by atoms with Gasteiger partial charge in [-0.2, -0.15) is 0 Å². The monoisotopic (exact) mass is 341 g/mol. The van der Waals surface area contributed by atoms with Crippen molar-refractivity contribution in [3.8, 4) is 0 Å². The van der Waals surface area contributed by atoms with Gasteiger partial charge in [-0.3, -0.25) is 9.59 Å². The molecule has 0 saturated carbocycles. The van der Waals surface area contributed by atoms with Crippen LogP contribution in [0.4, 0.5) is 0 Å². The van der Waals surface area contributed by atoms with Gasteiger partial charge in [0.05, 0.1) is 19.1 Å². The van der Waals surface area contributed by atoms with Crippen LogP contribution in [0.5, 0.6) is 0 Å². The van der Waals surface area contributed by atoms with E-state index in [1.165, 1.54) is 0 Å². The number of aromatic nitrogens is 2. The van der Waals surface area contributed by atoms with E-state index in [1.807, 2.05) is 37.3 Å². The quantitative estimate of drug-likeness (QED) is 0.925. The molecule has 0 aliphatic carbocycles. The largest absolute Gasteiger partial charge is 0.367 e. The molecule has 1 aromatic carbocycles. The molecule has 1 aliphatic heterocycles. The predicted octanol–water partition coefficient (Wildman–Crippen LogP) is 1.92. The first-order valence-electron chi connectivity index (χ1n) is 8.48. The van der Waals surface area contributed by atoms with Crippen LogP contribution in [-0.4, -0.2) is 40.0 Å². The molecule has 1 amide bonds. The van der Waals surface area contributed by atoms with Gasteiger partial charge in [0.25, 0.3) is 5.56 Å². The van der Waals surface area contributed by atoms with Crippen molar-refractivity contribution in [1.29, 1.82) is 0 Å². The van der Waals surface area contributed by atoms with Crippen molar-refractivity contribution in [2.24, 2.45) is 0 Å². The molecule has 0 bridgehead atoms. The molecule has 6 nitrogen and oxygen atoms in total. The zero-order chi connectivity index (χ0) is 18.0. The molecule has 1 aromatic heterocycles. The van der Waals surface area contributed by atoms with Crippen LogP contribution < -0.4 is 5.56 Å². The summed E-state index contributed by atoms with van der Waals surface area (Å²) in [6.07, 6.45) is -0.147. The summed E-state index contributed by atoms with van der Waals surface area (Å²) in [4.78, 5) is 33.6. The molecule has 0 spiro atoms. The number of rotatable bonds is 3. The number of carbonyl (C=O) groups is 1. The fourth-order valence-corrected chi connectivity index (χ4v) is 3.23. The second-order valence-corrected chi connectivity index (χ2v) is 6.54. The minimum absolute atomic E-state index is 0.0570. The number of nitrogens with zero attached hydrogens (tertiary/aromatic N) is 2. The fraction of sp³-hybridized carbons (Fsp3) is 0.421. The second kappa shape index (κ2) is 7.19. The van der Waals surface area contributed by atoms with Gasteiger partial charge in [-0.05, 0) is 26.3 Å². The van der Waals surface area contributed by atoms with E-state index in [9.17, 15) is 9.59 Å². The lowest BCUT2D eigenvalue weighted by atomic mass is 10.1. The van der Waals surface area contributed by atoms with E-state index < -0.39 is 0 Å². The molecule has 3 rings (SSSR count). The van der Waals surface area contributed by atoms with Crippen LogP contribution in [-0.2, 0) is 16.0 Å². The van der Waals surface area contributed by atoms with Crippen LogP contribution in [0, 0.1) is 13.8 Å². The lowest BCUT2D eigenvalue weighted by Gasteiger charge is -2.37. The van der Waals surface area contributed by atoms with Crippen LogP contribution in [0.25, 0.3) is 0 Å². The molecule has 2 unspecified atom stereocenters. The number of amides is 1. The number of hydrogen-bond acceptors (Lipinski definition) is 4. The molecule has 0 radical (unpaired) electrons. The van der Waals surface area contributed by atoms with Gasteiger partial charge in [-0.25, -0.2) is 4.98 Å². The summed E-state index contributed by atoms with van der Waals surface area (Å²) in [5, 5.41) is 0. The highest BCUT2D eigenvalue weighted by Crippen LogP contribution is 2.25. The Morgan fingerprint density at radius 1 is 1.28 bits per heavy atom. The maximum atomic E-state index is 12.8. The molecule has 2 aromatic rings. The highest BCUT2D eigenvalue weighted by atomic mass is 16.5. The molecule has 2 heterocycles. The summed E-state index contributed by atoms with van der Waals surface area (Å²) < 4.78 is 5.99. The first-order chi connectivity index (χ1) is 11.9. The van der Waals surface area contributed by atoms with Crippen LogP contribution in [0.1, 0.15) is 35.7 Å². The number of hydrogen-bond donors (Lipinski definition) is 1. The predicted molar refractivity (Wildman–Crippen MR) is 94.3 cm³/mol. The van der Waals surface area contributed by atoms with E-state index in [1.54, 1.807) is 18.7 Å². The molecule has 1 aliphatic rings. The summed E-state index contributed by atoms with van der Waals surface area (Å²) >= 11 is 0. The first kappa shape index (κ1) is 17.4. The zero-order valence-corrected chi connectivity index (χ0v) is 14.8. The van der Waals surface area contributed by atoms with Crippen LogP contribution in [0.15, 0.2) is 35.1 Å². The van der Waals surface area contributed by atoms with Gasteiger partial charge in [0, 0.05) is 17.8 Å². The van der Waals surface area contributed by atoms with Gasteiger partial charge in [0.15, 0.2) is 0 Å². The molecule has 132 valence electrons. The molecule has 25 heavy (non-hydrogen) atoms. The van der Waals surface area contributed by atoms with Gasteiger partial charge >= 0.3 is 0 Å². The minimum atomic E-state index is -0.237. The van der Waals surface area contributed by atoms with Gasteiger partial charge in [0.2, 0.25) is 5.91 Å². The van der Waals surface area contributed by atoms with Crippen LogP contribution >= 0.6 is 0 Å². The minimum Gasteiger partial charge on any atom is -0.367 e. The Labute approximate surface area is 146 Å². The van der Waals surface area contributed by atoms with Crippen molar-refractivity contribution in [3.63, 3.8) is 0 Å². The topological polar surface area (TPSA) is 75.3 Å². The average molecular weight is 341 g/mol. The van der Waals surface area contributed by atoms with Crippen molar-refractivity contribution in [2.45, 2.75) is 39.4 Å². The number of morpholine rings is 1. The molecule has 2 atom stereocenters. The molecule has 1 fully saturated rings. The van der Waals surface area contributed by atoms with E-state index in [2.05, 4.69) is 9.97 Å². The number of benzene rings is 1. The fourth-order valence-electron chi connectivity index (χ4n) is 3.23. The molecular weight excluding hydrogens is 318 g/mol. The summed E-state index contributed by atoms with van der Waals surface area (Å²) in [5.41, 5.74) is 1.86. The first-order valence-corrected chi connectivity index (χ1v) is 8.48. The number of aromatic amines is 1. The maximum absolute atomic E-state index is 12.8. The van der Waals surface area contributed by atoms with Crippen molar-refractivity contribution in [1.82, 2.24) is 14.9 Å². The van der Waals surface area contributed by atoms with E-state index >= 15 is 0 Å². The highest BCUT2D eigenvalue weighted by Gasteiger charge is 2.29. The zero-order valence-electron chi connectivity index (χ0n) is 14.8. The highest BCUT2D eigenvalue weighted by molar-refractivity contribution is 5.79. The van der Waals surface area contributed by atoms with E-state index in [0.29, 0.717) is 30.2 Å². The molecule has 1 saturated heterocycles. The third-order valence-corrected chi connectivity index (χ3v) is 4.45. The smallest absolute Gasteiger partial charge is 0.254 e. The summed E-state index contributed by atoms with van der Waals surface area (Å²) in [5.74, 6) is 0.484. The molecule has 1 N–H and O–H groups in total. The Morgan fingerprint density at radius 3 is 2.68 bits per heavy atom. The molecular formula is C19H23N3O3. The van der Waals surface area contributed by atoms with Crippen molar-refractivity contribution in [3.05, 3.63) is 63.3 Å². The Morgan fingerprint density at radius 2 is 2.00 bits per heavy atom. The maximum Gasteiger partial charge on any atom is 0.254 e. The van der Waals surface area contributed by atoms with E-state index in [0.717, 1.165) is 5.56 Å². The summed E-state index contributed by atoms with van der Waals surface area (Å²) in [6, 6.07) is 9.89. The van der Waals surface area contributed by atoms with Crippen LogP contribution in [0.2, 0.25) is 0 Å². The number of carbonyl (C=O) groups excluding carboxylic acids is 1. The SMILES string of the molecule is Cc1nc(C)c(CC(=O)N2CC(C)OC(c3ccccc3)C2)c(=O)[nH]1. The van der Waals surface area contributed by atoms with Crippen LogP contribution in [0.3, 0.4) is 0 Å². The Bertz CT molecular complexity index is 816. The van der Waals surface area contributed by atoms with E-state index in [-0.39, 0.29) is 30.1 Å². The Hall–Kier alpha value is -2.47. The summed E-state index contributed by atoms with van der Waals surface area (Å²) in [7, 11) is 0. The number of H-pyrrole nitrogens is 1. The average Bonchev–Trinajstić information content (AvgIpc) is 2.58. The lowest BCUT2D eigenvalue weighted by molar-refractivity contribution is -0.144. The standard InChI is InChI=1S/C19H23N3O3/c1-12-10-22(11-17(25-12)15-7-5-4-6-8-15)18(23)9-16-13(2)20-14(3)21-19(16)24/h4-8,12,17H,9-11H2,1-3H3,(H,20,21,24). The second-order valence-electron chi connectivity index (χ2n) is 6.54. The Kier molecular flexibility index (Phi) is 4.99. The lowest BCUT2D eigenvalue weighted by Crippen LogP contribution is -2.47. The van der Waals surface area contributed by atoms with Gasteiger partial charge in [-0.15, -0.1) is 0 Å². The van der Waals surface area contributed by atoms with E-state index in [4.69, 9.17) is 4.74 Å².